The van der Waals surface area contributed by atoms with Crippen LogP contribution in [0.4, 0.5) is 10.1 Å². The normalized spacial score (nSPS) is 11.5. The van der Waals surface area contributed by atoms with Crippen molar-refractivity contribution in [2.24, 2.45) is 0 Å². The number of hydrogen-bond acceptors (Lipinski definition) is 5. The molecule has 2 N–H and O–H groups in total. The van der Waals surface area contributed by atoms with Crippen LogP contribution in [0.25, 0.3) is 10.1 Å². The van der Waals surface area contributed by atoms with E-state index in [4.69, 9.17) is 0 Å². The molecule has 0 unspecified atom stereocenters. The van der Waals surface area contributed by atoms with Gasteiger partial charge in [-0.15, -0.1) is 22.7 Å². The van der Waals surface area contributed by atoms with E-state index in [0.29, 0.717) is 12.2 Å². The van der Waals surface area contributed by atoms with Gasteiger partial charge in [0.05, 0.1) is 13.0 Å². The summed E-state index contributed by atoms with van der Waals surface area (Å²) >= 11 is 2.66. The second kappa shape index (κ2) is 8.55. The summed E-state index contributed by atoms with van der Waals surface area (Å²) in [6, 6.07) is 16.4. The van der Waals surface area contributed by atoms with Gasteiger partial charge >= 0.3 is 0 Å². The van der Waals surface area contributed by atoms with Gasteiger partial charge in [0.15, 0.2) is 0 Å². The van der Waals surface area contributed by atoms with Crippen LogP contribution < -0.4 is 10.0 Å². The number of thiophene rings is 2. The lowest BCUT2D eigenvalue weighted by molar-refractivity contribution is -0.120. The van der Waals surface area contributed by atoms with Crippen LogP contribution in [0.15, 0.2) is 70.3 Å². The Morgan fingerprint density at radius 1 is 1.03 bits per heavy atom. The van der Waals surface area contributed by atoms with Crippen molar-refractivity contribution < 1.29 is 17.6 Å². The van der Waals surface area contributed by atoms with Crippen molar-refractivity contribution in [1.29, 1.82) is 0 Å². The van der Waals surface area contributed by atoms with E-state index >= 15 is 0 Å². The lowest BCUT2D eigenvalue weighted by Gasteiger charge is -2.08. The third-order valence-corrected chi connectivity index (χ3v) is 8.21. The third kappa shape index (κ3) is 4.86. The Morgan fingerprint density at radius 3 is 2.57 bits per heavy atom. The molecule has 2 aromatic carbocycles. The van der Waals surface area contributed by atoms with Gasteiger partial charge in [-0.1, -0.05) is 18.2 Å². The van der Waals surface area contributed by atoms with Crippen molar-refractivity contribution in [3.05, 3.63) is 82.3 Å². The van der Waals surface area contributed by atoms with Crippen LogP contribution in [-0.2, 0) is 27.8 Å². The van der Waals surface area contributed by atoms with Gasteiger partial charge in [-0.05, 0) is 58.8 Å². The minimum absolute atomic E-state index is 0.148. The second-order valence-electron chi connectivity index (χ2n) is 6.58. The maximum absolute atomic E-state index is 13.3. The lowest BCUT2D eigenvalue weighted by atomic mass is 10.1. The Morgan fingerprint density at radius 2 is 1.83 bits per heavy atom. The fourth-order valence-corrected chi connectivity index (χ4v) is 5.94. The first kappa shape index (κ1) is 20.5. The number of amides is 1. The number of hydrogen-bond donors (Lipinski definition) is 2. The van der Waals surface area contributed by atoms with Gasteiger partial charge in [0.1, 0.15) is 10.0 Å². The van der Waals surface area contributed by atoms with Crippen molar-refractivity contribution >= 4 is 54.4 Å². The molecule has 4 aromatic rings. The third-order valence-electron chi connectivity index (χ3n) is 4.32. The van der Waals surface area contributed by atoms with Crippen LogP contribution >= 0.6 is 22.7 Å². The van der Waals surface area contributed by atoms with E-state index in [1.807, 2.05) is 6.07 Å². The van der Waals surface area contributed by atoms with Crippen LogP contribution in [0.2, 0.25) is 0 Å². The molecule has 0 bridgehead atoms. The van der Waals surface area contributed by atoms with Crippen LogP contribution in [0, 0.1) is 5.82 Å². The standard InChI is InChI=1S/C21H17FN2O3S3/c22-16-5-8-19-15(11-16)12-18(29-19)13-23-20(25)10-14-3-6-17(7-4-14)24-30(26,27)21-2-1-9-28-21/h1-9,11-12,24H,10,13H2,(H,23,25). The van der Waals surface area contributed by atoms with Crippen molar-refractivity contribution in [2.75, 3.05) is 4.72 Å². The molecule has 0 aliphatic heterocycles. The van der Waals surface area contributed by atoms with E-state index in [-0.39, 0.29) is 22.4 Å². The Kier molecular flexibility index (Phi) is 5.85. The molecular formula is C21H17FN2O3S3. The average Bonchev–Trinajstić information content (AvgIpc) is 3.37. The van der Waals surface area contributed by atoms with Crippen LogP contribution in [0.3, 0.4) is 0 Å². The van der Waals surface area contributed by atoms with Crippen molar-refractivity contribution in [1.82, 2.24) is 5.32 Å². The predicted octanol–water partition coefficient (Wildman–Crippen LogP) is 4.76. The first-order valence-corrected chi connectivity index (χ1v) is 12.2. The molecule has 30 heavy (non-hydrogen) atoms. The summed E-state index contributed by atoms with van der Waals surface area (Å²) in [6.07, 6.45) is 0.178. The Bertz CT molecular complexity index is 1280. The topological polar surface area (TPSA) is 75.3 Å². The smallest absolute Gasteiger partial charge is 0.271 e. The number of sulfonamides is 1. The molecular weight excluding hydrogens is 443 g/mol. The molecule has 0 aliphatic rings. The van der Waals surface area contributed by atoms with E-state index in [9.17, 15) is 17.6 Å². The largest absolute Gasteiger partial charge is 0.351 e. The fraction of sp³-hybridized carbons (Fsp3) is 0.0952. The van der Waals surface area contributed by atoms with E-state index in [0.717, 1.165) is 31.9 Å². The van der Waals surface area contributed by atoms with Crippen LogP contribution in [0.1, 0.15) is 10.4 Å². The summed E-state index contributed by atoms with van der Waals surface area (Å²) in [5, 5.41) is 5.39. The van der Waals surface area contributed by atoms with Gasteiger partial charge < -0.3 is 5.32 Å². The summed E-state index contributed by atoms with van der Waals surface area (Å²) in [6.45, 7) is 0.374. The molecule has 0 spiro atoms. The molecule has 1 amide bonds. The van der Waals surface area contributed by atoms with E-state index < -0.39 is 10.0 Å². The molecule has 0 radical (unpaired) electrons. The zero-order valence-corrected chi connectivity index (χ0v) is 18.0. The quantitative estimate of drug-likeness (QED) is 0.417. The van der Waals surface area contributed by atoms with Gasteiger partial charge in [0, 0.05) is 15.3 Å². The van der Waals surface area contributed by atoms with Gasteiger partial charge in [0.25, 0.3) is 10.0 Å². The Hall–Kier alpha value is -2.75. The van der Waals surface area contributed by atoms with Gasteiger partial charge in [0.2, 0.25) is 5.91 Å². The first-order valence-electron chi connectivity index (χ1n) is 8.99. The molecule has 0 fully saturated rings. The monoisotopic (exact) mass is 460 g/mol. The summed E-state index contributed by atoms with van der Waals surface area (Å²) in [7, 11) is -3.59. The fourth-order valence-electron chi connectivity index (χ4n) is 2.90. The highest BCUT2D eigenvalue weighted by Gasteiger charge is 2.15. The molecule has 2 aromatic heterocycles. The number of carbonyl (C=O) groups excluding carboxylic acids is 1. The molecule has 0 aliphatic carbocycles. The highest BCUT2D eigenvalue weighted by molar-refractivity contribution is 7.94. The summed E-state index contributed by atoms with van der Waals surface area (Å²) < 4.78 is 41.5. The SMILES string of the molecule is O=C(Cc1ccc(NS(=O)(=O)c2cccs2)cc1)NCc1cc2cc(F)ccc2s1. The van der Waals surface area contributed by atoms with Crippen LogP contribution in [0.5, 0.6) is 0 Å². The summed E-state index contributed by atoms with van der Waals surface area (Å²) in [5.41, 5.74) is 1.20. The highest BCUT2D eigenvalue weighted by atomic mass is 32.2. The number of anilines is 1. The minimum atomic E-state index is -3.59. The predicted molar refractivity (Wildman–Crippen MR) is 119 cm³/mol. The second-order valence-corrected chi connectivity index (χ2v) is 10.6. The van der Waals surface area contributed by atoms with Gasteiger partial charge in [-0.3, -0.25) is 9.52 Å². The maximum Gasteiger partial charge on any atom is 0.271 e. The first-order chi connectivity index (χ1) is 14.4. The molecule has 9 heteroatoms. The molecule has 5 nitrogen and oxygen atoms in total. The maximum atomic E-state index is 13.3. The van der Waals surface area contributed by atoms with E-state index in [1.165, 1.54) is 23.5 Å². The molecule has 0 saturated carbocycles. The molecule has 0 atom stereocenters. The van der Waals surface area contributed by atoms with Crippen LogP contribution in [-0.4, -0.2) is 14.3 Å². The minimum Gasteiger partial charge on any atom is -0.351 e. The van der Waals surface area contributed by atoms with E-state index in [2.05, 4.69) is 10.0 Å². The Labute approximate surface area is 181 Å². The molecule has 0 saturated heterocycles. The number of nitrogens with one attached hydrogen (secondary N) is 2. The Balaban J connectivity index is 1.33. The molecule has 2 heterocycles. The van der Waals surface area contributed by atoms with E-state index in [1.54, 1.807) is 47.8 Å². The van der Waals surface area contributed by atoms with Gasteiger partial charge in [-0.2, -0.15) is 0 Å². The zero-order chi connectivity index (χ0) is 21.1. The van der Waals surface area contributed by atoms with Crippen molar-refractivity contribution in [3.8, 4) is 0 Å². The number of fused-ring (bicyclic) bond motifs is 1. The summed E-state index contributed by atoms with van der Waals surface area (Å²) in [4.78, 5) is 13.2. The van der Waals surface area contributed by atoms with Crippen molar-refractivity contribution in [3.63, 3.8) is 0 Å². The van der Waals surface area contributed by atoms with Gasteiger partial charge in [-0.25, -0.2) is 12.8 Å². The number of benzene rings is 2. The molecule has 4 rings (SSSR count). The highest BCUT2D eigenvalue weighted by Crippen LogP contribution is 2.26. The number of rotatable bonds is 7. The number of halogens is 1. The molecule has 154 valence electrons. The number of carbonyl (C=O) groups is 1. The van der Waals surface area contributed by atoms with Crippen molar-refractivity contribution in [2.45, 2.75) is 17.2 Å². The zero-order valence-electron chi connectivity index (χ0n) is 15.6. The average molecular weight is 461 g/mol. The lowest BCUT2D eigenvalue weighted by Crippen LogP contribution is -2.24. The summed E-state index contributed by atoms with van der Waals surface area (Å²) in [5.74, 6) is -0.428.